The number of amides is 1. The second kappa shape index (κ2) is 8.95. The molecule has 0 N–H and O–H groups in total. The van der Waals surface area contributed by atoms with Crippen LogP contribution in [0.2, 0.25) is 0 Å². The zero-order valence-corrected chi connectivity index (χ0v) is 18.1. The maximum Gasteiger partial charge on any atom is 0.243 e. The fourth-order valence-corrected chi connectivity index (χ4v) is 4.63. The minimum atomic E-state index is -3.56. The zero-order valence-electron chi connectivity index (χ0n) is 17.2. The van der Waals surface area contributed by atoms with Crippen LogP contribution >= 0.6 is 0 Å². The van der Waals surface area contributed by atoms with Gasteiger partial charge in [-0.3, -0.25) is 9.10 Å². The Bertz CT molecular complexity index is 760. The monoisotopic (exact) mass is 395 g/mol. The largest absolute Gasteiger partial charge is 0.372 e. The summed E-state index contributed by atoms with van der Waals surface area (Å²) >= 11 is 0. The maximum absolute atomic E-state index is 12.8. The van der Waals surface area contributed by atoms with Gasteiger partial charge in [-0.2, -0.15) is 0 Å². The molecule has 152 valence electrons. The first kappa shape index (κ1) is 21.5. The molecule has 1 aliphatic rings. The first-order chi connectivity index (χ1) is 12.7. The molecule has 0 aliphatic carbocycles. The van der Waals surface area contributed by atoms with Crippen molar-refractivity contribution >= 4 is 27.3 Å². The molecule has 1 aliphatic heterocycles. The van der Waals surface area contributed by atoms with Gasteiger partial charge in [0.15, 0.2) is 0 Å². The summed E-state index contributed by atoms with van der Waals surface area (Å²) in [6.07, 6.45) is 3.26. The molecule has 0 aromatic heterocycles. The van der Waals surface area contributed by atoms with E-state index in [1.54, 1.807) is 4.90 Å². The molecule has 1 atom stereocenters. The molecule has 1 fully saturated rings. The summed E-state index contributed by atoms with van der Waals surface area (Å²) in [4.78, 5) is 16.8. The first-order valence-electron chi connectivity index (χ1n) is 9.78. The van der Waals surface area contributed by atoms with Crippen molar-refractivity contribution in [3.63, 3.8) is 0 Å². The van der Waals surface area contributed by atoms with Gasteiger partial charge in [0.05, 0.1) is 11.9 Å². The third-order valence-corrected chi connectivity index (χ3v) is 6.39. The van der Waals surface area contributed by atoms with Gasteiger partial charge < -0.3 is 9.80 Å². The minimum Gasteiger partial charge on any atom is -0.372 e. The highest BCUT2D eigenvalue weighted by atomic mass is 32.2. The molecule has 0 bridgehead atoms. The van der Waals surface area contributed by atoms with E-state index in [-0.39, 0.29) is 12.5 Å². The number of rotatable bonds is 7. The Balaban J connectivity index is 2.28. The van der Waals surface area contributed by atoms with Gasteiger partial charge in [0, 0.05) is 31.9 Å². The standard InChI is InChI=1S/C20H33N3O3S/c1-6-21(7-2)18-10-11-19(17(4)13-18)23(27(5,25)26)15-20(24)22-12-8-9-16(3)14-22/h10-11,13,16H,6-9,12,14-15H2,1-5H3. The molecule has 1 heterocycles. The normalized spacial score (nSPS) is 17.7. The Morgan fingerprint density at radius 1 is 1.26 bits per heavy atom. The van der Waals surface area contributed by atoms with Gasteiger partial charge in [-0.15, -0.1) is 0 Å². The first-order valence-corrected chi connectivity index (χ1v) is 11.6. The quantitative estimate of drug-likeness (QED) is 0.712. The predicted octanol–water partition coefficient (Wildman–Crippen LogP) is 2.87. The van der Waals surface area contributed by atoms with Crippen LogP contribution in [0.15, 0.2) is 18.2 Å². The Morgan fingerprint density at radius 2 is 1.93 bits per heavy atom. The number of anilines is 2. The average Bonchev–Trinajstić information content (AvgIpc) is 2.60. The van der Waals surface area contributed by atoms with Crippen molar-refractivity contribution in [2.24, 2.45) is 5.92 Å². The molecule has 6 nitrogen and oxygen atoms in total. The van der Waals surface area contributed by atoms with Gasteiger partial charge in [0.25, 0.3) is 0 Å². The second-order valence-corrected chi connectivity index (χ2v) is 9.41. The fourth-order valence-electron chi connectivity index (χ4n) is 3.72. The lowest BCUT2D eigenvalue weighted by atomic mass is 10.0. The molecule has 0 saturated carbocycles. The van der Waals surface area contributed by atoms with E-state index >= 15 is 0 Å². The minimum absolute atomic E-state index is 0.126. The highest BCUT2D eigenvalue weighted by molar-refractivity contribution is 7.92. The van der Waals surface area contributed by atoms with E-state index in [0.717, 1.165) is 43.4 Å². The smallest absolute Gasteiger partial charge is 0.243 e. The van der Waals surface area contributed by atoms with E-state index in [1.165, 1.54) is 4.31 Å². The van der Waals surface area contributed by atoms with E-state index in [2.05, 4.69) is 25.7 Å². The van der Waals surface area contributed by atoms with Crippen LogP contribution in [-0.4, -0.2) is 58.2 Å². The van der Waals surface area contributed by atoms with Crippen LogP contribution < -0.4 is 9.21 Å². The van der Waals surface area contributed by atoms with Crippen LogP contribution in [0.3, 0.4) is 0 Å². The van der Waals surface area contributed by atoms with E-state index < -0.39 is 10.0 Å². The van der Waals surface area contributed by atoms with Gasteiger partial charge in [0.2, 0.25) is 15.9 Å². The summed E-state index contributed by atoms with van der Waals surface area (Å²) in [6, 6.07) is 5.74. The van der Waals surface area contributed by atoms with Gasteiger partial charge in [-0.1, -0.05) is 6.92 Å². The third kappa shape index (κ3) is 5.37. The molecule has 0 radical (unpaired) electrons. The highest BCUT2D eigenvalue weighted by Gasteiger charge is 2.27. The van der Waals surface area contributed by atoms with Crippen LogP contribution in [0.25, 0.3) is 0 Å². The van der Waals surface area contributed by atoms with Gasteiger partial charge in [-0.05, 0) is 63.3 Å². The maximum atomic E-state index is 12.8. The number of nitrogens with zero attached hydrogens (tertiary/aromatic N) is 3. The van der Waals surface area contributed by atoms with Crippen LogP contribution in [-0.2, 0) is 14.8 Å². The van der Waals surface area contributed by atoms with Crippen molar-refractivity contribution < 1.29 is 13.2 Å². The van der Waals surface area contributed by atoms with Gasteiger partial charge >= 0.3 is 0 Å². The van der Waals surface area contributed by atoms with Gasteiger partial charge in [0.1, 0.15) is 6.54 Å². The summed E-state index contributed by atoms with van der Waals surface area (Å²) < 4.78 is 26.1. The molecule has 7 heteroatoms. The van der Waals surface area contributed by atoms with E-state index in [0.29, 0.717) is 24.7 Å². The van der Waals surface area contributed by atoms with E-state index in [4.69, 9.17) is 0 Å². The topological polar surface area (TPSA) is 60.9 Å². The predicted molar refractivity (Wildman–Crippen MR) is 112 cm³/mol. The number of benzene rings is 1. The third-order valence-electron chi connectivity index (χ3n) is 5.27. The van der Waals surface area contributed by atoms with Crippen molar-refractivity contribution in [3.05, 3.63) is 23.8 Å². The molecule has 1 aromatic carbocycles. The molecule has 1 amide bonds. The second-order valence-electron chi connectivity index (χ2n) is 7.50. The van der Waals surface area contributed by atoms with Crippen molar-refractivity contribution in [2.45, 2.75) is 40.5 Å². The molecule has 2 rings (SSSR count). The number of hydrogen-bond donors (Lipinski definition) is 0. The highest BCUT2D eigenvalue weighted by Crippen LogP contribution is 2.28. The lowest BCUT2D eigenvalue weighted by Gasteiger charge is -2.33. The van der Waals surface area contributed by atoms with E-state index in [1.807, 2.05) is 25.1 Å². The number of hydrogen-bond acceptors (Lipinski definition) is 4. The summed E-state index contributed by atoms with van der Waals surface area (Å²) in [6.45, 7) is 11.3. The SMILES string of the molecule is CCN(CC)c1ccc(N(CC(=O)N2CCCC(C)C2)S(C)(=O)=O)c(C)c1. The summed E-state index contributed by atoms with van der Waals surface area (Å²) in [5.41, 5.74) is 2.49. The van der Waals surface area contributed by atoms with Crippen LogP contribution in [0.1, 0.15) is 39.2 Å². The van der Waals surface area contributed by atoms with E-state index in [9.17, 15) is 13.2 Å². The summed E-state index contributed by atoms with van der Waals surface area (Å²) in [5, 5.41) is 0. The van der Waals surface area contributed by atoms with Crippen molar-refractivity contribution in [1.82, 2.24) is 4.90 Å². The molecule has 27 heavy (non-hydrogen) atoms. The Labute approximate surface area is 164 Å². The van der Waals surface area contributed by atoms with Crippen LogP contribution in [0.5, 0.6) is 0 Å². The zero-order chi connectivity index (χ0) is 20.2. The van der Waals surface area contributed by atoms with Crippen LogP contribution in [0, 0.1) is 12.8 Å². The molecule has 0 spiro atoms. The Morgan fingerprint density at radius 3 is 2.44 bits per heavy atom. The van der Waals surface area contributed by atoms with Crippen molar-refractivity contribution in [1.29, 1.82) is 0 Å². The number of piperidine rings is 1. The Kier molecular flexibility index (Phi) is 7.14. The molecule has 1 unspecified atom stereocenters. The number of aryl methyl sites for hydroxylation is 1. The number of sulfonamides is 1. The molecule has 1 saturated heterocycles. The molecular weight excluding hydrogens is 362 g/mol. The fraction of sp³-hybridized carbons (Fsp3) is 0.650. The molecular formula is C20H33N3O3S. The Hall–Kier alpha value is -1.76. The summed E-state index contributed by atoms with van der Waals surface area (Å²) in [5.74, 6) is 0.337. The van der Waals surface area contributed by atoms with Crippen molar-refractivity contribution in [2.75, 3.05) is 48.2 Å². The summed E-state index contributed by atoms with van der Waals surface area (Å²) in [7, 11) is -3.56. The average molecular weight is 396 g/mol. The van der Waals surface area contributed by atoms with Crippen molar-refractivity contribution in [3.8, 4) is 0 Å². The molecule has 1 aromatic rings. The van der Waals surface area contributed by atoms with Gasteiger partial charge in [-0.25, -0.2) is 8.42 Å². The lowest BCUT2D eigenvalue weighted by Crippen LogP contribution is -2.46. The lowest BCUT2D eigenvalue weighted by molar-refractivity contribution is -0.131. The number of carbonyl (C=O) groups is 1. The van der Waals surface area contributed by atoms with Crippen LogP contribution in [0.4, 0.5) is 11.4 Å². The number of carbonyl (C=O) groups excluding carboxylic acids is 1. The number of likely N-dealkylation sites (tertiary alicyclic amines) is 1.